The van der Waals surface area contributed by atoms with Gasteiger partial charge in [-0.1, -0.05) is 29.5 Å². The molecule has 0 radical (unpaired) electrons. The van der Waals surface area contributed by atoms with E-state index in [0.29, 0.717) is 28.5 Å². The average Bonchev–Trinajstić information content (AvgIpc) is 3.01. The Morgan fingerprint density at radius 2 is 1.95 bits per heavy atom. The molecular formula is C29H29N3O5. The number of nitrogens with zero attached hydrogens (tertiary/aromatic N) is 2. The molecule has 0 bridgehead atoms. The SMILES string of the molecule is Cc1ccc(Oc2ccnc(C(=O)N[C@H]3COc4ccc(C#CC(C)(C)CO)cc4N(C)C3=O)c2)cc1. The molecule has 1 aromatic heterocycles. The van der Waals surface area contributed by atoms with Crippen LogP contribution in [0.1, 0.15) is 35.5 Å². The maximum Gasteiger partial charge on any atom is 0.270 e. The number of nitrogens with one attached hydrogen (secondary N) is 1. The van der Waals surface area contributed by atoms with Crippen molar-refractivity contribution in [2.45, 2.75) is 26.8 Å². The summed E-state index contributed by atoms with van der Waals surface area (Å²) in [6, 6.07) is 15.1. The molecule has 0 aliphatic carbocycles. The second kappa shape index (κ2) is 10.7. The first-order chi connectivity index (χ1) is 17.6. The van der Waals surface area contributed by atoms with Crippen LogP contribution in [0.2, 0.25) is 0 Å². The Morgan fingerprint density at radius 3 is 2.68 bits per heavy atom. The van der Waals surface area contributed by atoms with Crippen LogP contribution in [0.4, 0.5) is 5.69 Å². The Bertz CT molecular complexity index is 1370. The van der Waals surface area contributed by atoms with Crippen LogP contribution in [-0.4, -0.2) is 48.2 Å². The van der Waals surface area contributed by atoms with Gasteiger partial charge in [0.1, 0.15) is 35.6 Å². The van der Waals surface area contributed by atoms with Crippen molar-refractivity contribution in [3.63, 3.8) is 0 Å². The van der Waals surface area contributed by atoms with Crippen molar-refractivity contribution < 1.29 is 24.2 Å². The summed E-state index contributed by atoms with van der Waals surface area (Å²) in [4.78, 5) is 31.7. The molecule has 1 aliphatic rings. The first-order valence-corrected chi connectivity index (χ1v) is 11.8. The van der Waals surface area contributed by atoms with Gasteiger partial charge in [0.25, 0.3) is 11.8 Å². The first kappa shape index (κ1) is 25.7. The number of hydrogen-bond acceptors (Lipinski definition) is 6. The number of amides is 2. The van der Waals surface area contributed by atoms with E-state index in [1.807, 2.05) is 45.0 Å². The molecule has 2 N–H and O–H groups in total. The van der Waals surface area contributed by atoms with Crippen LogP contribution in [0.25, 0.3) is 0 Å². The van der Waals surface area contributed by atoms with Crippen LogP contribution in [0.15, 0.2) is 60.8 Å². The van der Waals surface area contributed by atoms with E-state index in [4.69, 9.17) is 9.47 Å². The van der Waals surface area contributed by atoms with E-state index in [0.717, 1.165) is 5.56 Å². The van der Waals surface area contributed by atoms with Gasteiger partial charge in [-0.15, -0.1) is 0 Å². The van der Waals surface area contributed by atoms with Crippen molar-refractivity contribution in [2.24, 2.45) is 5.41 Å². The highest BCUT2D eigenvalue weighted by Crippen LogP contribution is 2.32. The Kier molecular flexibility index (Phi) is 7.46. The fourth-order valence-electron chi connectivity index (χ4n) is 3.53. The van der Waals surface area contributed by atoms with Gasteiger partial charge in [-0.3, -0.25) is 14.6 Å². The molecule has 0 fully saturated rings. The topological polar surface area (TPSA) is 101 Å². The predicted octanol–water partition coefficient (Wildman–Crippen LogP) is 3.71. The minimum absolute atomic E-state index is 0.0377. The number of anilines is 1. The number of aliphatic hydroxyl groups is 1. The van der Waals surface area contributed by atoms with Crippen molar-refractivity contribution >= 4 is 17.5 Å². The third-order valence-electron chi connectivity index (χ3n) is 5.82. The Hall–Kier alpha value is -4.35. The molecule has 2 aromatic carbocycles. The summed E-state index contributed by atoms with van der Waals surface area (Å²) in [5.74, 6) is 6.81. The lowest BCUT2D eigenvalue weighted by atomic mass is 9.95. The number of aliphatic hydroxyl groups excluding tert-OH is 1. The molecule has 2 heterocycles. The second-order valence-corrected chi connectivity index (χ2v) is 9.50. The molecule has 8 nitrogen and oxygen atoms in total. The molecule has 3 aromatic rings. The minimum atomic E-state index is -0.920. The third-order valence-corrected chi connectivity index (χ3v) is 5.82. The molecule has 0 spiro atoms. The van der Waals surface area contributed by atoms with E-state index in [1.165, 1.54) is 17.2 Å². The van der Waals surface area contributed by atoms with Gasteiger partial charge >= 0.3 is 0 Å². The number of carbonyl (C=O) groups is 2. The fourth-order valence-corrected chi connectivity index (χ4v) is 3.53. The minimum Gasteiger partial charge on any atom is -0.489 e. The van der Waals surface area contributed by atoms with E-state index >= 15 is 0 Å². The molecule has 0 saturated carbocycles. The molecule has 190 valence electrons. The highest BCUT2D eigenvalue weighted by atomic mass is 16.5. The molecule has 37 heavy (non-hydrogen) atoms. The van der Waals surface area contributed by atoms with Crippen LogP contribution in [0, 0.1) is 24.2 Å². The highest BCUT2D eigenvalue weighted by molar-refractivity contribution is 6.03. The molecule has 0 unspecified atom stereocenters. The molecule has 8 heteroatoms. The zero-order valence-corrected chi connectivity index (χ0v) is 21.2. The van der Waals surface area contributed by atoms with E-state index in [1.54, 1.807) is 31.3 Å². The van der Waals surface area contributed by atoms with Crippen LogP contribution >= 0.6 is 0 Å². The maximum atomic E-state index is 13.2. The van der Waals surface area contributed by atoms with Gasteiger partial charge in [-0.2, -0.15) is 0 Å². The highest BCUT2D eigenvalue weighted by Gasteiger charge is 2.31. The first-order valence-electron chi connectivity index (χ1n) is 11.8. The van der Waals surface area contributed by atoms with Crippen LogP contribution < -0.4 is 19.7 Å². The second-order valence-electron chi connectivity index (χ2n) is 9.50. The van der Waals surface area contributed by atoms with Crippen molar-refractivity contribution in [2.75, 3.05) is 25.2 Å². The predicted molar refractivity (Wildman–Crippen MR) is 140 cm³/mol. The van der Waals surface area contributed by atoms with Crippen molar-refractivity contribution in [1.29, 1.82) is 0 Å². The zero-order chi connectivity index (χ0) is 26.6. The smallest absolute Gasteiger partial charge is 0.270 e. The standard InChI is InChI=1S/C29H29N3O5/c1-19-5-8-21(9-6-19)37-22-12-14-30-23(16-22)27(34)31-24-17-36-26-10-7-20(11-13-29(2,3)18-33)15-25(26)32(4)28(24)35/h5-10,12,14-16,24,33H,17-18H2,1-4H3,(H,31,34)/t24-/m0/s1. The average molecular weight is 500 g/mol. The number of aryl methyl sites for hydroxylation is 1. The summed E-state index contributed by atoms with van der Waals surface area (Å²) >= 11 is 0. The van der Waals surface area contributed by atoms with Crippen LogP contribution in [0.3, 0.4) is 0 Å². The summed E-state index contributed by atoms with van der Waals surface area (Å²) in [5, 5.41) is 12.2. The molecule has 4 rings (SSSR count). The Balaban J connectivity index is 1.47. The van der Waals surface area contributed by atoms with E-state index in [9.17, 15) is 14.7 Å². The maximum absolute atomic E-state index is 13.2. The number of aromatic nitrogens is 1. The lowest BCUT2D eigenvalue weighted by Crippen LogP contribution is -2.49. The summed E-state index contributed by atoms with van der Waals surface area (Å²) in [7, 11) is 1.62. The van der Waals surface area contributed by atoms with Gasteiger partial charge in [-0.25, -0.2) is 0 Å². The normalized spacial score (nSPS) is 15.0. The number of carbonyl (C=O) groups excluding carboxylic acids is 2. The number of ether oxygens (including phenoxy) is 2. The Morgan fingerprint density at radius 1 is 1.19 bits per heavy atom. The monoisotopic (exact) mass is 499 g/mol. The molecular weight excluding hydrogens is 470 g/mol. The largest absolute Gasteiger partial charge is 0.489 e. The van der Waals surface area contributed by atoms with Gasteiger partial charge in [0, 0.05) is 30.3 Å². The molecule has 2 amide bonds. The zero-order valence-electron chi connectivity index (χ0n) is 21.2. The van der Waals surface area contributed by atoms with E-state index in [-0.39, 0.29) is 24.8 Å². The molecule has 1 aliphatic heterocycles. The van der Waals surface area contributed by atoms with Crippen molar-refractivity contribution in [3.05, 3.63) is 77.6 Å². The number of fused-ring (bicyclic) bond motifs is 1. The number of benzene rings is 2. The van der Waals surface area contributed by atoms with E-state index in [2.05, 4.69) is 22.1 Å². The summed E-state index contributed by atoms with van der Waals surface area (Å²) < 4.78 is 11.7. The van der Waals surface area contributed by atoms with Gasteiger partial charge < -0.3 is 24.8 Å². The lowest BCUT2D eigenvalue weighted by molar-refractivity contribution is -0.120. The van der Waals surface area contributed by atoms with Crippen LogP contribution in [-0.2, 0) is 4.79 Å². The van der Waals surface area contributed by atoms with Gasteiger partial charge in [0.2, 0.25) is 0 Å². The summed E-state index contributed by atoms with van der Waals surface area (Å²) in [5.41, 5.74) is 1.91. The third kappa shape index (κ3) is 6.26. The van der Waals surface area contributed by atoms with Gasteiger partial charge in [-0.05, 0) is 57.2 Å². The quantitative estimate of drug-likeness (QED) is 0.519. The summed E-state index contributed by atoms with van der Waals surface area (Å²) in [6.45, 7) is 5.57. The number of hydrogen-bond donors (Lipinski definition) is 2. The molecule has 1 atom stereocenters. The van der Waals surface area contributed by atoms with Crippen molar-refractivity contribution in [1.82, 2.24) is 10.3 Å². The van der Waals surface area contributed by atoms with Crippen LogP contribution in [0.5, 0.6) is 17.2 Å². The van der Waals surface area contributed by atoms with Gasteiger partial charge in [0.15, 0.2) is 0 Å². The molecule has 0 saturated heterocycles. The number of rotatable bonds is 5. The lowest BCUT2D eigenvalue weighted by Gasteiger charge is -2.20. The van der Waals surface area contributed by atoms with Crippen molar-refractivity contribution in [3.8, 4) is 29.1 Å². The number of likely N-dealkylation sites (N-methyl/N-ethyl adjacent to an activating group) is 1. The number of pyridine rings is 1. The summed E-state index contributed by atoms with van der Waals surface area (Å²) in [6.07, 6.45) is 1.48. The Labute approximate surface area is 216 Å². The van der Waals surface area contributed by atoms with E-state index < -0.39 is 17.4 Å². The van der Waals surface area contributed by atoms with Gasteiger partial charge in [0.05, 0.1) is 12.3 Å². The fraction of sp³-hybridized carbons (Fsp3) is 0.276.